The number of rotatable bonds is 8. The number of hydrogen-bond acceptors (Lipinski definition) is 10. The molecule has 4 rings (SSSR count). The quantitative estimate of drug-likeness (QED) is 0.349. The number of carbonyl (C=O) groups excluding carboxylic acids is 1. The largest absolute Gasteiger partial charge is 0.494 e. The molecule has 0 saturated carbocycles. The summed E-state index contributed by atoms with van der Waals surface area (Å²) < 4.78 is 11.0. The van der Waals surface area contributed by atoms with Gasteiger partial charge in [-0.15, -0.1) is 5.10 Å². The van der Waals surface area contributed by atoms with Gasteiger partial charge in [0.15, 0.2) is 0 Å². The molecule has 0 unspecified atom stereocenters. The van der Waals surface area contributed by atoms with E-state index in [2.05, 4.69) is 30.5 Å². The highest BCUT2D eigenvalue weighted by molar-refractivity contribution is 7.17. The van der Waals surface area contributed by atoms with Crippen molar-refractivity contribution in [2.24, 2.45) is 0 Å². The Balaban J connectivity index is 1.53. The number of nitrogens with zero attached hydrogens (tertiary/aromatic N) is 5. The Hall–Kier alpha value is -3.67. The van der Waals surface area contributed by atoms with E-state index in [1.807, 2.05) is 0 Å². The zero-order valence-electron chi connectivity index (χ0n) is 18.1. The number of hydrogen-bond donors (Lipinski definition) is 2. The highest BCUT2D eigenvalue weighted by atomic mass is 35.5. The minimum Gasteiger partial charge on any atom is -0.494 e. The zero-order valence-corrected chi connectivity index (χ0v) is 19.7. The average molecular weight is 499 g/mol. The van der Waals surface area contributed by atoms with Gasteiger partial charge in [-0.05, 0) is 42.0 Å². The molecule has 1 amide bonds. The lowest BCUT2D eigenvalue weighted by atomic mass is 10.0. The van der Waals surface area contributed by atoms with E-state index in [1.54, 1.807) is 49.8 Å². The van der Waals surface area contributed by atoms with Crippen molar-refractivity contribution in [3.63, 3.8) is 0 Å². The topological polar surface area (TPSA) is 132 Å². The first-order valence-corrected chi connectivity index (χ1v) is 11.2. The van der Waals surface area contributed by atoms with Gasteiger partial charge in [-0.2, -0.15) is 0 Å². The Labute approximate surface area is 203 Å². The minimum atomic E-state index is -0.504. The van der Waals surface area contributed by atoms with Crippen LogP contribution in [0.5, 0.6) is 10.9 Å². The standard InChI is InChI=1S/C22H19ClN6O4S/c1-12-7-16(15-5-6-24-9-17(15)32-2)18(19(23)26-12)20(31)27-21-28-29-22(34-21)33-11-14-4-3-13(10-30)8-25-14/h3-9,30H,10-11H2,1-2H3,(H,27,28,31). The van der Waals surface area contributed by atoms with Gasteiger partial charge in [0.1, 0.15) is 17.5 Å². The normalized spacial score (nSPS) is 10.7. The molecule has 174 valence electrons. The van der Waals surface area contributed by atoms with Crippen LogP contribution in [0.3, 0.4) is 0 Å². The predicted molar refractivity (Wildman–Crippen MR) is 126 cm³/mol. The van der Waals surface area contributed by atoms with E-state index in [4.69, 9.17) is 26.2 Å². The molecule has 2 N–H and O–H groups in total. The number of aryl methyl sites for hydroxylation is 1. The Morgan fingerprint density at radius 3 is 2.79 bits per heavy atom. The third-order valence-corrected chi connectivity index (χ3v) is 5.69. The van der Waals surface area contributed by atoms with E-state index in [0.717, 1.165) is 11.3 Å². The van der Waals surface area contributed by atoms with Crippen molar-refractivity contribution in [3.05, 3.63) is 70.5 Å². The number of methoxy groups -OCH3 is 1. The van der Waals surface area contributed by atoms with E-state index < -0.39 is 5.91 Å². The second kappa shape index (κ2) is 10.5. The van der Waals surface area contributed by atoms with Gasteiger partial charge in [0.25, 0.3) is 11.1 Å². The van der Waals surface area contributed by atoms with Crippen molar-refractivity contribution in [2.75, 3.05) is 12.4 Å². The Kier molecular flexibility index (Phi) is 7.26. The maximum absolute atomic E-state index is 13.2. The van der Waals surface area contributed by atoms with Crippen molar-refractivity contribution < 1.29 is 19.4 Å². The fraction of sp³-hybridized carbons (Fsp3) is 0.182. The number of aromatic nitrogens is 5. The molecule has 0 fully saturated rings. The lowest BCUT2D eigenvalue weighted by Crippen LogP contribution is -2.15. The van der Waals surface area contributed by atoms with Gasteiger partial charge in [-0.3, -0.25) is 20.1 Å². The van der Waals surface area contributed by atoms with Crippen molar-refractivity contribution >= 4 is 34.0 Å². The van der Waals surface area contributed by atoms with Crippen LogP contribution in [0, 0.1) is 6.92 Å². The van der Waals surface area contributed by atoms with Crippen LogP contribution in [-0.4, -0.2) is 43.3 Å². The van der Waals surface area contributed by atoms with E-state index in [-0.39, 0.29) is 34.3 Å². The van der Waals surface area contributed by atoms with Gasteiger partial charge < -0.3 is 14.6 Å². The van der Waals surface area contributed by atoms with Gasteiger partial charge in [0.2, 0.25) is 5.13 Å². The lowest BCUT2D eigenvalue weighted by molar-refractivity contribution is 0.102. The molecule has 4 heterocycles. The van der Waals surface area contributed by atoms with E-state index >= 15 is 0 Å². The zero-order chi connectivity index (χ0) is 24.1. The highest BCUT2D eigenvalue weighted by Gasteiger charge is 2.22. The fourth-order valence-electron chi connectivity index (χ4n) is 3.08. The molecule has 0 radical (unpaired) electrons. The van der Waals surface area contributed by atoms with Crippen LogP contribution < -0.4 is 14.8 Å². The number of aliphatic hydroxyl groups is 1. The molecule has 0 aromatic carbocycles. The summed E-state index contributed by atoms with van der Waals surface area (Å²) in [5.41, 5.74) is 3.37. The maximum Gasteiger partial charge on any atom is 0.296 e. The molecule has 0 aliphatic rings. The first kappa shape index (κ1) is 23.5. The second-order valence-electron chi connectivity index (χ2n) is 6.98. The van der Waals surface area contributed by atoms with Crippen LogP contribution in [0.25, 0.3) is 11.1 Å². The van der Waals surface area contributed by atoms with Gasteiger partial charge in [-0.1, -0.05) is 22.8 Å². The number of amides is 1. The summed E-state index contributed by atoms with van der Waals surface area (Å²) in [5.74, 6) is -0.0132. The Morgan fingerprint density at radius 2 is 2.06 bits per heavy atom. The molecule has 4 aromatic heterocycles. The number of carbonyl (C=O) groups is 1. The molecule has 0 aliphatic carbocycles. The number of halogens is 1. The molecule has 12 heteroatoms. The molecular weight excluding hydrogens is 480 g/mol. The molecule has 0 atom stereocenters. The van der Waals surface area contributed by atoms with E-state index in [0.29, 0.717) is 33.8 Å². The number of pyridine rings is 3. The van der Waals surface area contributed by atoms with Crippen molar-refractivity contribution in [1.82, 2.24) is 25.1 Å². The third-order valence-electron chi connectivity index (χ3n) is 4.66. The van der Waals surface area contributed by atoms with Crippen molar-refractivity contribution in [3.8, 4) is 22.1 Å². The van der Waals surface area contributed by atoms with Crippen LogP contribution in [0.1, 0.15) is 27.3 Å². The smallest absolute Gasteiger partial charge is 0.296 e. The Bertz CT molecular complexity index is 1320. The van der Waals surface area contributed by atoms with Crippen LogP contribution in [0.4, 0.5) is 5.13 Å². The molecule has 0 aliphatic heterocycles. The predicted octanol–water partition coefficient (Wildman–Crippen LogP) is 3.68. The van der Waals surface area contributed by atoms with Crippen molar-refractivity contribution in [1.29, 1.82) is 0 Å². The number of nitrogens with one attached hydrogen (secondary N) is 1. The monoisotopic (exact) mass is 498 g/mol. The van der Waals surface area contributed by atoms with Gasteiger partial charge in [0, 0.05) is 29.2 Å². The molecule has 4 aromatic rings. The van der Waals surface area contributed by atoms with Gasteiger partial charge in [-0.25, -0.2) is 4.98 Å². The molecule has 0 saturated heterocycles. The fourth-order valence-corrected chi connectivity index (χ4v) is 3.99. The van der Waals surface area contributed by atoms with Gasteiger partial charge >= 0.3 is 0 Å². The summed E-state index contributed by atoms with van der Waals surface area (Å²) in [6.45, 7) is 1.86. The lowest BCUT2D eigenvalue weighted by Gasteiger charge is -2.14. The number of aliphatic hydroxyl groups excluding tert-OH is 1. The first-order chi connectivity index (χ1) is 16.5. The van der Waals surface area contributed by atoms with E-state index in [9.17, 15) is 4.79 Å². The summed E-state index contributed by atoms with van der Waals surface area (Å²) in [6, 6.07) is 6.99. The van der Waals surface area contributed by atoms with Crippen LogP contribution in [-0.2, 0) is 13.2 Å². The maximum atomic E-state index is 13.2. The molecule has 10 nitrogen and oxygen atoms in total. The van der Waals surface area contributed by atoms with Crippen LogP contribution in [0.15, 0.2) is 42.9 Å². The van der Waals surface area contributed by atoms with Crippen LogP contribution in [0.2, 0.25) is 5.15 Å². The van der Waals surface area contributed by atoms with Crippen molar-refractivity contribution in [2.45, 2.75) is 20.1 Å². The van der Waals surface area contributed by atoms with E-state index in [1.165, 1.54) is 7.11 Å². The third kappa shape index (κ3) is 5.28. The Morgan fingerprint density at radius 1 is 1.21 bits per heavy atom. The highest BCUT2D eigenvalue weighted by Crippen LogP contribution is 2.35. The van der Waals surface area contributed by atoms with Crippen LogP contribution >= 0.6 is 22.9 Å². The number of ether oxygens (including phenoxy) is 2. The number of anilines is 1. The molecule has 0 bridgehead atoms. The summed E-state index contributed by atoms with van der Waals surface area (Å²) in [5, 5.41) is 20.2. The summed E-state index contributed by atoms with van der Waals surface area (Å²) in [7, 11) is 1.52. The van der Waals surface area contributed by atoms with Gasteiger partial charge in [0.05, 0.1) is 31.2 Å². The molecule has 34 heavy (non-hydrogen) atoms. The molecule has 0 spiro atoms. The summed E-state index contributed by atoms with van der Waals surface area (Å²) >= 11 is 7.44. The minimum absolute atomic E-state index is 0.0461. The average Bonchev–Trinajstić information content (AvgIpc) is 3.29. The second-order valence-corrected chi connectivity index (χ2v) is 8.28. The first-order valence-electron chi connectivity index (χ1n) is 9.96. The summed E-state index contributed by atoms with van der Waals surface area (Å²) in [6.07, 6.45) is 4.73. The SMILES string of the molecule is COc1cnccc1-c1cc(C)nc(Cl)c1C(=O)Nc1nnc(OCc2ccc(CO)cn2)s1. The molecular formula is C22H19ClN6O4S. The summed E-state index contributed by atoms with van der Waals surface area (Å²) in [4.78, 5) is 25.6.